The second-order valence-corrected chi connectivity index (χ2v) is 15.7. The van der Waals surface area contributed by atoms with Gasteiger partial charge in [0.2, 0.25) is 0 Å². The number of carbonyl (C=O) groups excluding carboxylic acids is 1. The van der Waals surface area contributed by atoms with E-state index in [1.54, 1.807) is 18.8 Å². The Morgan fingerprint density at radius 3 is 1.67 bits per heavy atom. The van der Waals surface area contributed by atoms with Gasteiger partial charge in [0.15, 0.2) is 0 Å². The van der Waals surface area contributed by atoms with E-state index in [4.69, 9.17) is 13.3 Å². The predicted octanol–water partition coefficient (Wildman–Crippen LogP) is 3.97. The van der Waals surface area contributed by atoms with Gasteiger partial charge in [-0.2, -0.15) is 0 Å². The second-order valence-electron chi connectivity index (χ2n) is 7.68. The molecule has 0 saturated carbocycles. The summed E-state index contributed by atoms with van der Waals surface area (Å²) in [6.07, 6.45) is 8.86. The summed E-state index contributed by atoms with van der Waals surface area (Å²) >= 11 is -3.33. The Kier molecular flexibility index (Phi) is 6.48. The molecule has 0 saturated heterocycles. The molecule has 0 amide bonds. The van der Waals surface area contributed by atoms with Crippen molar-refractivity contribution >= 4 is 33.3 Å². The molecule has 0 spiro atoms. The molecule has 0 bridgehead atoms. The van der Waals surface area contributed by atoms with Crippen LogP contribution in [-0.4, -0.2) is 19.6 Å². The van der Waals surface area contributed by atoms with E-state index in [0.717, 1.165) is 32.9 Å². The molecule has 3 aromatic heterocycles. The van der Waals surface area contributed by atoms with Crippen LogP contribution in [0, 0.1) is 11.8 Å². The SMILES string of the molecule is CC(CC=O)CC[CH](C(C)C)[Ge]([c]1ccco1)([c]1ccco1)[c]1ccco1. The summed E-state index contributed by atoms with van der Waals surface area (Å²) in [7, 11) is 0. The monoisotopic (exact) mass is 430 g/mol. The van der Waals surface area contributed by atoms with Crippen LogP contribution in [0.5, 0.6) is 0 Å². The van der Waals surface area contributed by atoms with Gasteiger partial charge in [-0.1, -0.05) is 0 Å². The topological polar surface area (TPSA) is 56.5 Å². The van der Waals surface area contributed by atoms with Gasteiger partial charge >= 0.3 is 163 Å². The van der Waals surface area contributed by atoms with Crippen molar-refractivity contribution in [2.24, 2.45) is 11.8 Å². The Morgan fingerprint density at radius 2 is 1.33 bits per heavy atom. The summed E-state index contributed by atoms with van der Waals surface area (Å²) in [4.78, 5) is 10.9. The van der Waals surface area contributed by atoms with Gasteiger partial charge in [0.05, 0.1) is 0 Å². The second kappa shape index (κ2) is 8.83. The van der Waals surface area contributed by atoms with Crippen LogP contribution in [0.1, 0.15) is 40.0 Å². The van der Waals surface area contributed by atoms with E-state index in [1.807, 2.05) is 18.2 Å². The van der Waals surface area contributed by atoms with E-state index in [2.05, 4.69) is 39.0 Å². The molecule has 3 aromatic rings. The van der Waals surface area contributed by atoms with Crippen molar-refractivity contribution in [3.63, 3.8) is 0 Å². The first-order valence-corrected chi connectivity index (χ1v) is 14.0. The molecule has 5 heteroatoms. The zero-order valence-electron chi connectivity index (χ0n) is 16.3. The standard InChI is InChI=1S/C22H28GeO4/c1-17(2)19(11-10-18(3)12-13-24)23(20-7-4-14-25-20,21-8-5-15-26-21)22-9-6-16-27-22/h4-9,13-19H,10-12H2,1-3H3. The van der Waals surface area contributed by atoms with Gasteiger partial charge in [0.25, 0.3) is 0 Å². The van der Waals surface area contributed by atoms with Gasteiger partial charge in [-0.25, -0.2) is 0 Å². The Hall–Kier alpha value is -1.95. The maximum atomic E-state index is 10.9. The minimum absolute atomic E-state index is 0.363. The van der Waals surface area contributed by atoms with Crippen molar-refractivity contribution in [2.75, 3.05) is 0 Å². The number of carbonyl (C=O) groups is 1. The first kappa shape index (κ1) is 19.8. The van der Waals surface area contributed by atoms with Crippen LogP contribution < -0.4 is 13.8 Å². The molecule has 0 aliphatic carbocycles. The molecule has 0 N–H and O–H groups in total. The normalized spacial score (nSPS) is 14.4. The fourth-order valence-corrected chi connectivity index (χ4v) is 15.3. The van der Waals surface area contributed by atoms with Crippen molar-refractivity contribution in [2.45, 2.75) is 44.8 Å². The van der Waals surface area contributed by atoms with Crippen molar-refractivity contribution in [3.05, 3.63) is 55.2 Å². The molecule has 4 nitrogen and oxygen atoms in total. The summed E-state index contributed by atoms with van der Waals surface area (Å²) in [6, 6.07) is 12.1. The van der Waals surface area contributed by atoms with E-state index in [9.17, 15) is 4.79 Å². The summed E-state index contributed by atoms with van der Waals surface area (Å²) in [6.45, 7) is 6.68. The third-order valence-electron chi connectivity index (χ3n) is 5.56. The summed E-state index contributed by atoms with van der Waals surface area (Å²) in [5.74, 6) is 0.794. The average Bonchev–Trinajstić information content (AvgIpc) is 3.43. The summed E-state index contributed by atoms with van der Waals surface area (Å²) in [5.41, 5.74) is 0. The molecule has 27 heavy (non-hydrogen) atoms. The molecule has 3 rings (SSSR count). The predicted molar refractivity (Wildman–Crippen MR) is 108 cm³/mol. The maximum absolute atomic E-state index is 10.9. The Morgan fingerprint density at radius 1 is 0.852 bits per heavy atom. The van der Waals surface area contributed by atoms with Crippen LogP contribution in [0.25, 0.3) is 0 Å². The first-order chi connectivity index (χ1) is 13.1. The third kappa shape index (κ3) is 3.86. The van der Waals surface area contributed by atoms with Crippen molar-refractivity contribution in [1.29, 1.82) is 0 Å². The van der Waals surface area contributed by atoms with Gasteiger partial charge in [0.1, 0.15) is 0 Å². The molecular weight excluding hydrogens is 401 g/mol. The van der Waals surface area contributed by atoms with Gasteiger partial charge in [-0.15, -0.1) is 0 Å². The van der Waals surface area contributed by atoms with E-state index >= 15 is 0 Å². The molecule has 0 radical (unpaired) electrons. The number of hydrogen-bond donors (Lipinski definition) is 0. The van der Waals surface area contributed by atoms with E-state index in [1.165, 1.54) is 0 Å². The minimum atomic E-state index is -3.33. The molecule has 0 aromatic carbocycles. The molecule has 2 unspecified atom stereocenters. The van der Waals surface area contributed by atoms with Crippen molar-refractivity contribution < 1.29 is 18.0 Å². The molecule has 0 aliphatic heterocycles. The molecule has 0 fully saturated rings. The van der Waals surface area contributed by atoms with Gasteiger partial charge < -0.3 is 0 Å². The number of aldehydes is 1. The Balaban J connectivity index is 2.13. The van der Waals surface area contributed by atoms with E-state index in [0.29, 0.717) is 23.0 Å². The number of hydrogen-bond acceptors (Lipinski definition) is 4. The summed E-state index contributed by atoms with van der Waals surface area (Å²) < 4.78 is 21.5. The van der Waals surface area contributed by atoms with Crippen molar-refractivity contribution in [1.82, 2.24) is 0 Å². The quantitative estimate of drug-likeness (QED) is 0.362. The zero-order chi connectivity index (χ0) is 19.3. The van der Waals surface area contributed by atoms with Crippen LogP contribution in [0.2, 0.25) is 4.75 Å². The first-order valence-electron chi connectivity index (χ1n) is 9.66. The fourth-order valence-electron chi connectivity index (χ4n) is 4.22. The van der Waals surface area contributed by atoms with Gasteiger partial charge in [-0.05, 0) is 0 Å². The van der Waals surface area contributed by atoms with Crippen LogP contribution >= 0.6 is 0 Å². The zero-order valence-corrected chi connectivity index (χ0v) is 18.4. The van der Waals surface area contributed by atoms with E-state index in [-0.39, 0.29) is 0 Å². The Bertz CT molecular complexity index is 703. The molecule has 144 valence electrons. The van der Waals surface area contributed by atoms with Crippen LogP contribution in [0.4, 0.5) is 0 Å². The Labute approximate surface area is 163 Å². The number of furan rings is 3. The molecule has 0 aliphatic rings. The van der Waals surface area contributed by atoms with Crippen LogP contribution in [0.15, 0.2) is 68.4 Å². The molecular formula is C22H28GeO4. The van der Waals surface area contributed by atoms with Crippen LogP contribution in [-0.2, 0) is 4.79 Å². The molecule has 2 atom stereocenters. The molecule has 3 heterocycles. The fraction of sp³-hybridized carbons (Fsp3) is 0.409. The third-order valence-corrected chi connectivity index (χ3v) is 16.6. The number of rotatable bonds is 10. The average molecular weight is 429 g/mol. The van der Waals surface area contributed by atoms with Crippen molar-refractivity contribution in [3.8, 4) is 0 Å². The van der Waals surface area contributed by atoms with Gasteiger partial charge in [-0.3, -0.25) is 0 Å². The van der Waals surface area contributed by atoms with Gasteiger partial charge in [0, 0.05) is 0 Å². The van der Waals surface area contributed by atoms with Crippen LogP contribution in [0.3, 0.4) is 0 Å². The summed E-state index contributed by atoms with van der Waals surface area (Å²) in [5, 5.41) is 0. The van der Waals surface area contributed by atoms with E-state index < -0.39 is 13.3 Å².